The Labute approximate surface area is 120 Å². The molecule has 0 saturated carbocycles. The molecule has 0 fully saturated rings. The molecule has 4 nitrogen and oxygen atoms in total. The third-order valence-corrected chi connectivity index (χ3v) is 6.79. The molecule has 0 saturated heterocycles. The second-order valence-electron chi connectivity index (χ2n) is 4.05. The molecule has 104 valence electrons. The van der Waals surface area contributed by atoms with Gasteiger partial charge in [0, 0.05) is 22.8 Å². The molecule has 0 amide bonds. The van der Waals surface area contributed by atoms with Gasteiger partial charge in [-0.1, -0.05) is 6.07 Å². The first-order valence-corrected chi connectivity index (χ1v) is 8.96. The van der Waals surface area contributed by atoms with Crippen LogP contribution in [0.15, 0.2) is 33.9 Å². The third kappa shape index (κ3) is 3.64. The van der Waals surface area contributed by atoms with Crippen molar-refractivity contribution in [3.8, 4) is 0 Å². The molecule has 0 radical (unpaired) electrons. The number of hydrogen-bond acceptors (Lipinski definition) is 5. The zero-order chi connectivity index (χ0) is 13.9. The molecule has 0 spiro atoms. The Morgan fingerprint density at radius 2 is 2.16 bits per heavy atom. The second kappa shape index (κ2) is 6.15. The van der Waals surface area contributed by atoms with E-state index in [1.807, 2.05) is 24.4 Å². The molecule has 1 atom stereocenters. The lowest BCUT2D eigenvalue weighted by atomic mass is 10.3. The molecular weight excluding hydrogens is 302 g/mol. The normalized spacial score (nSPS) is 13.6. The van der Waals surface area contributed by atoms with E-state index in [4.69, 9.17) is 5.11 Å². The van der Waals surface area contributed by atoms with Gasteiger partial charge in [-0.3, -0.25) is 0 Å². The first-order valence-electron chi connectivity index (χ1n) is 5.78. The van der Waals surface area contributed by atoms with E-state index < -0.39 is 10.0 Å². The number of rotatable bonds is 6. The maximum absolute atomic E-state index is 12.2. The molecule has 2 aromatic rings. The first kappa shape index (κ1) is 14.7. The van der Waals surface area contributed by atoms with Crippen molar-refractivity contribution in [1.82, 2.24) is 4.72 Å². The zero-order valence-corrected chi connectivity index (χ0v) is 12.8. The monoisotopic (exact) mass is 317 g/mol. The number of nitrogens with one attached hydrogen (secondary N) is 1. The first-order chi connectivity index (χ1) is 9.03. The zero-order valence-electron chi connectivity index (χ0n) is 10.4. The van der Waals surface area contributed by atoms with Crippen molar-refractivity contribution in [3.05, 3.63) is 39.4 Å². The number of hydrogen-bond donors (Lipinski definition) is 2. The highest BCUT2D eigenvalue weighted by atomic mass is 32.2. The highest BCUT2D eigenvalue weighted by Gasteiger charge is 2.20. The van der Waals surface area contributed by atoms with Gasteiger partial charge in [-0.25, -0.2) is 13.1 Å². The largest absolute Gasteiger partial charge is 0.396 e. The van der Waals surface area contributed by atoms with Crippen molar-refractivity contribution >= 4 is 32.7 Å². The second-order valence-corrected chi connectivity index (χ2v) is 8.14. The average molecular weight is 317 g/mol. The van der Waals surface area contributed by atoms with Crippen molar-refractivity contribution in [2.24, 2.45) is 0 Å². The van der Waals surface area contributed by atoms with Gasteiger partial charge in [0.2, 0.25) is 0 Å². The summed E-state index contributed by atoms with van der Waals surface area (Å²) >= 11 is 2.72. The van der Waals surface area contributed by atoms with Crippen LogP contribution < -0.4 is 4.72 Å². The van der Waals surface area contributed by atoms with Crippen molar-refractivity contribution in [2.75, 3.05) is 6.61 Å². The average Bonchev–Trinajstić information content (AvgIpc) is 2.99. The van der Waals surface area contributed by atoms with Gasteiger partial charge in [0.1, 0.15) is 4.21 Å². The van der Waals surface area contributed by atoms with E-state index in [0.29, 0.717) is 10.6 Å². The molecule has 2 heterocycles. The molecule has 2 rings (SSSR count). The highest BCUT2D eigenvalue weighted by molar-refractivity contribution is 7.91. The van der Waals surface area contributed by atoms with Gasteiger partial charge in [-0.05, 0) is 30.5 Å². The van der Waals surface area contributed by atoms with E-state index in [0.717, 1.165) is 9.75 Å². The standard InChI is InChI=1S/C12H15NO3S3/c1-9(11-3-2-8-17-11)13-19(15,16)12-5-4-10(18-12)6-7-14/h2-5,8-9,13-14H,6-7H2,1H3. The van der Waals surface area contributed by atoms with E-state index in [-0.39, 0.29) is 12.6 Å². The molecule has 0 bridgehead atoms. The summed E-state index contributed by atoms with van der Waals surface area (Å²) in [4.78, 5) is 1.85. The Bertz CT molecular complexity index is 616. The smallest absolute Gasteiger partial charge is 0.250 e. The van der Waals surface area contributed by atoms with Crippen molar-refractivity contribution < 1.29 is 13.5 Å². The van der Waals surface area contributed by atoms with Crippen LogP contribution in [-0.4, -0.2) is 20.1 Å². The van der Waals surface area contributed by atoms with E-state index in [1.165, 1.54) is 22.7 Å². The summed E-state index contributed by atoms with van der Waals surface area (Å²) in [5.41, 5.74) is 0. The highest BCUT2D eigenvalue weighted by Crippen LogP contribution is 2.25. The van der Waals surface area contributed by atoms with Crippen LogP contribution in [0.1, 0.15) is 22.7 Å². The lowest BCUT2D eigenvalue weighted by Gasteiger charge is -2.11. The molecule has 0 aliphatic heterocycles. The quantitative estimate of drug-likeness (QED) is 0.859. The van der Waals surface area contributed by atoms with Crippen LogP contribution in [0.3, 0.4) is 0 Å². The van der Waals surface area contributed by atoms with Crippen LogP contribution in [0.4, 0.5) is 0 Å². The predicted molar refractivity (Wildman–Crippen MR) is 78.2 cm³/mol. The number of thiophene rings is 2. The summed E-state index contributed by atoms with van der Waals surface area (Å²) < 4.78 is 27.3. The molecule has 0 aromatic carbocycles. The Morgan fingerprint density at radius 3 is 2.79 bits per heavy atom. The van der Waals surface area contributed by atoms with E-state index in [2.05, 4.69) is 4.72 Å². The maximum atomic E-state index is 12.2. The Balaban J connectivity index is 2.13. The van der Waals surface area contributed by atoms with Gasteiger partial charge in [-0.2, -0.15) is 0 Å². The van der Waals surface area contributed by atoms with Crippen LogP contribution in [-0.2, 0) is 16.4 Å². The Morgan fingerprint density at radius 1 is 1.37 bits per heavy atom. The van der Waals surface area contributed by atoms with Crippen LogP contribution in [0.25, 0.3) is 0 Å². The van der Waals surface area contributed by atoms with Gasteiger partial charge >= 0.3 is 0 Å². The fourth-order valence-electron chi connectivity index (χ4n) is 1.63. The van der Waals surface area contributed by atoms with Gasteiger partial charge in [-0.15, -0.1) is 22.7 Å². The molecule has 0 aliphatic rings. The van der Waals surface area contributed by atoms with Crippen LogP contribution in [0, 0.1) is 0 Å². The fraction of sp³-hybridized carbons (Fsp3) is 0.333. The van der Waals surface area contributed by atoms with Crippen LogP contribution in [0.5, 0.6) is 0 Å². The van der Waals surface area contributed by atoms with Crippen molar-refractivity contribution in [1.29, 1.82) is 0 Å². The van der Waals surface area contributed by atoms with Crippen molar-refractivity contribution in [2.45, 2.75) is 23.6 Å². The van der Waals surface area contributed by atoms with Crippen LogP contribution in [0.2, 0.25) is 0 Å². The fourth-order valence-corrected chi connectivity index (χ4v) is 5.03. The SMILES string of the molecule is CC(NS(=O)(=O)c1ccc(CCO)s1)c1cccs1. The lowest BCUT2D eigenvalue weighted by Crippen LogP contribution is -2.25. The summed E-state index contributed by atoms with van der Waals surface area (Å²) in [6.45, 7) is 1.85. The third-order valence-electron chi connectivity index (χ3n) is 2.56. The van der Waals surface area contributed by atoms with Crippen LogP contribution >= 0.6 is 22.7 Å². The van der Waals surface area contributed by atoms with Gasteiger partial charge in [0.25, 0.3) is 10.0 Å². The topological polar surface area (TPSA) is 66.4 Å². The molecule has 2 aromatic heterocycles. The maximum Gasteiger partial charge on any atom is 0.250 e. The van der Waals surface area contributed by atoms with Gasteiger partial charge in [0.15, 0.2) is 0 Å². The molecule has 19 heavy (non-hydrogen) atoms. The van der Waals surface area contributed by atoms with Gasteiger partial charge < -0.3 is 5.11 Å². The van der Waals surface area contributed by atoms with E-state index in [9.17, 15) is 8.42 Å². The Hall–Kier alpha value is -0.730. The lowest BCUT2D eigenvalue weighted by molar-refractivity contribution is 0.300. The Kier molecular flexibility index (Phi) is 4.75. The number of aliphatic hydroxyl groups is 1. The summed E-state index contributed by atoms with van der Waals surface area (Å²) in [6, 6.07) is 6.89. The molecule has 7 heteroatoms. The molecular formula is C12H15NO3S3. The molecule has 0 aliphatic carbocycles. The minimum absolute atomic E-state index is 0.0268. The summed E-state index contributed by atoms with van der Waals surface area (Å²) in [5, 5.41) is 10.8. The van der Waals surface area contributed by atoms with E-state index in [1.54, 1.807) is 12.1 Å². The minimum atomic E-state index is -3.49. The number of aliphatic hydroxyl groups excluding tert-OH is 1. The minimum Gasteiger partial charge on any atom is -0.396 e. The summed E-state index contributed by atoms with van der Waals surface area (Å²) in [6.07, 6.45) is 0.487. The summed E-state index contributed by atoms with van der Waals surface area (Å²) in [5.74, 6) is 0. The summed E-state index contributed by atoms with van der Waals surface area (Å²) in [7, 11) is -3.49. The van der Waals surface area contributed by atoms with E-state index >= 15 is 0 Å². The number of sulfonamides is 1. The van der Waals surface area contributed by atoms with Crippen molar-refractivity contribution in [3.63, 3.8) is 0 Å². The molecule has 1 unspecified atom stereocenters. The molecule has 2 N–H and O–H groups in total. The predicted octanol–water partition coefficient (Wildman–Crippen LogP) is 2.38. The van der Waals surface area contributed by atoms with Gasteiger partial charge in [0.05, 0.1) is 6.04 Å².